The van der Waals surface area contributed by atoms with Gasteiger partial charge in [0, 0.05) is 323 Å². The van der Waals surface area contributed by atoms with E-state index in [2.05, 4.69) is 97.1 Å². The monoisotopic (exact) mass is 1840 g/mol. The van der Waals surface area contributed by atoms with Gasteiger partial charge in [-0.05, 0) is 77.6 Å². The van der Waals surface area contributed by atoms with Crippen molar-refractivity contribution in [2.24, 2.45) is 0 Å². The zero-order valence-electron chi connectivity index (χ0n) is 32.8. The van der Waals surface area contributed by atoms with Crippen LogP contribution in [0.4, 0.5) is 0 Å². The maximum atomic E-state index is 5.96. The molecule has 4 aromatic rings. The summed E-state index contributed by atoms with van der Waals surface area (Å²) in [6, 6.07) is 41.6. The molecule has 0 N–H and O–H groups in total. The van der Waals surface area contributed by atoms with Crippen molar-refractivity contribution < 1.29 is 323 Å². The minimum Gasteiger partial charge on any atom is -0.694 e. The predicted octanol–water partition coefficient (Wildman–Crippen LogP) is 11.5. The van der Waals surface area contributed by atoms with E-state index >= 15 is 0 Å². The van der Waals surface area contributed by atoms with Gasteiger partial charge in [-0.1, -0.05) is 121 Å². The van der Waals surface area contributed by atoms with Crippen molar-refractivity contribution in [2.75, 3.05) is 0 Å². The molecule has 0 nitrogen and oxygen atoms in total. The summed E-state index contributed by atoms with van der Waals surface area (Å²) < 4.78 is 0. The Hall–Kier alpha value is 4.06. The first-order valence-corrected chi connectivity index (χ1v) is 14.1. The summed E-state index contributed by atoms with van der Waals surface area (Å²) in [5.41, 5.74) is 5.10. The van der Waals surface area contributed by atoms with Crippen molar-refractivity contribution in [3.05, 3.63) is 173 Å². The van der Waals surface area contributed by atoms with Gasteiger partial charge in [0.2, 0.25) is 0 Å². The van der Waals surface area contributed by atoms with E-state index in [4.69, 9.17) is 51.4 Å². The van der Waals surface area contributed by atoms with E-state index in [-0.39, 0.29) is 323 Å². The maximum Gasteiger partial charge on any atom is 0 e. The number of hydrogen-bond donors (Lipinski definition) is 0. The smallest absolute Gasteiger partial charge is 0 e. The van der Waals surface area contributed by atoms with Gasteiger partial charge in [0.25, 0.3) is 0 Å². The predicted molar refractivity (Wildman–Crippen MR) is 206 cm³/mol. The van der Waals surface area contributed by atoms with Crippen LogP contribution in [-0.2, 0) is 0 Å². The summed E-state index contributed by atoms with van der Waals surface area (Å²) in [4.78, 5) is 0. The first-order chi connectivity index (χ1) is 23.2. The van der Waals surface area contributed by atoms with Gasteiger partial charge in [0.1, 0.15) is 0 Å². The first-order valence-electron chi connectivity index (χ1n) is 14.1. The molecule has 292 valence electrons. The van der Waals surface area contributed by atoms with E-state index in [0.29, 0.717) is 0 Å². The molecule has 0 aliphatic rings. The molecule has 0 spiro atoms. The molecule has 4 rings (SSSR count). The Kier molecular flexibility index (Phi) is 181. The van der Waals surface area contributed by atoms with Crippen LogP contribution in [0.5, 0.6) is 0 Å². The molecule has 0 amide bonds. The average Bonchev–Trinajstić information content (AvgIpc) is 3.10. The molecule has 0 aliphatic heterocycles. The van der Waals surface area contributed by atoms with Gasteiger partial charge < -0.3 is 98.8 Å². The Balaban J connectivity index is -0.0000000312. The van der Waals surface area contributed by atoms with Crippen molar-refractivity contribution in [2.45, 2.75) is 55.4 Å². The van der Waals surface area contributed by atoms with Crippen molar-refractivity contribution in [3.63, 3.8) is 0 Å². The molecule has 0 aromatic heterocycles. The van der Waals surface area contributed by atoms with Crippen LogP contribution in [-0.4, -0.2) is 0 Å². The second-order valence-corrected chi connectivity index (χ2v) is 7.46. The Morgan fingerprint density at radius 3 is 0.357 bits per heavy atom. The molecule has 56 heavy (non-hydrogen) atoms. The SMILES string of the molecule is [C-]#CC.[C-]#CC.[C-]#CC.[C-]#CC.[C-]#CC.[C-]#CC.[C-]#CC.[C-]#CC.[Sm].[Sm].[Sm].[Sm].[Sm].[Sm].[Sm].[Sm].c1ccc(-c2ccccc2)cc1.c1ccc(-c2ccccc2)cc1. The van der Waals surface area contributed by atoms with Gasteiger partial charge in [-0.15, -0.1) is 0 Å². The first kappa shape index (κ1) is 98.7. The van der Waals surface area contributed by atoms with Crippen LogP contribution in [0.15, 0.2) is 121 Å². The Bertz CT molecular complexity index is 1260. The van der Waals surface area contributed by atoms with Crippen molar-refractivity contribution in [1.82, 2.24) is 0 Å². The van der Waals surface area contributed by atoms with Gasteiger partial charge in [0.05, 0.1) is 0 Å². The largest absolute Gasteiger partial charge is 0.694 e. The van der Waals surface area contributed by atoms with E-state index in [9.17, 15) is 0 Å². The minimum atomic E-state index is 0. The number of hydrogen-bond acceptors (Lipinski definition) is 0. The molecule has 0 saturated heterocycles. The minimum absolute atomic E-state index is 0. The van der Waals surface area contributed by atoms with Crippen LogP contribution in [0.3, 0.4) is 0 Å². The van der Waals surface area contributed by atoms with Gasteiger partial charge >= 0.3 is 0 Å². The molecule has 0 aliphatic carbocycles. The van der Waals surface area contributed by atoms with E-state index in [1.54, 1.807) is 55.4 Å². The van der Waals surface area contributed by atoms with Crippen LogP contribution in [0, 0.1) is 422 Å². The fourth-order valence-corrected chi connectivity index (χ4v) is 2.52. The fourth-order valence-electron chi connectivity index (χ4n) is 2.52. The van der Waals surface area contributed by atoms with Crippen LogP contribution >= 0.6 is 0 Å². The van der Waals surface area contributed by atoms with Crippen LogP contribution in [0.2, 0.25) is 0 Å². The molecule has 0 saturated carbocycles. The Morgan fingerprint density at radius 1 is 0.214 bits per heavy atom. The third-order valence-corrected chi connectivity index (χ3v) is 3.76. The molecular formula is C48H44Sm8-8. The molecule has 0 unspecified atom stereocenters. The molecular weight excluding hydrogens is 1780 g/mol. The third kappa shape index (κ3) is 97.4. The summed E-state index contributed by atoms with van der Waals surface area (Å²) in [6.45, 7) is 12.3. The van der Waals surface area contributed by atoms with Crippen molar-refractivity contribution in [3.8, 4) is 69.6 Å². The fraction of sp³-hybridized carbons (Fsp3) is 0.167. The van der Waals surface area contributed by atoms with Crippen LogP contribution in [0.1, 0.15) is 55.4 Å². The summed E-state index contributed by atoms with van der Waals surface area (Å²) in [5.74, 6) is 16.0. The zero-order chi connectivity index (χ0) is 38.1. The second kappa shape index (κ2) is 103. The topological polar surface area (TPSA) is 0 Å². The summed E-state index contributed by atoms with van der Waals surface area (Å²) in [7, 11) is 0. The molecule has 0 bridgehead atoms. The van der Waals surface area contributed by atoms with Crippen LogP contribution < -0.4 is 0 Å². The van der Waals surface area contributed by atoms with Crippen LogP contribution in [0.25, 0.3) is 22.3 Å². The normalized spacial score (nSPS) is 5.29. The quantitative estimate of drug-likeness (QED) is 0.139. The number of rotatable bonds is 2. The Labute approximate surface area is 605 Å². The van der Waals surface area contributed by atoms with E-state index < -0.39 is 0 Å². The summed E-state index contributed by atoms with van der Waals surface area (Å²) in [5, 5.41) is 0. The number of benzene rings is 4. The molecule has 0 atom stereocenters. The van der Waals surface area contributed by atoms with Gasteiger partial charge in [0.15, 0.2) is 0 Å². The maximum absolute atomic E-state index is 5.96. The van der Waals surface area contributed by atoms with E-state index in [0.717, 1.165) is 0 Å². The Morgan fingerprint density at radius 2 is 0.286 bits per heavy atom. The van der Waals surface area contributed by atoms with Gasteiger partial charge in [-0.3, -0.25) is 0 Å². The van der Waals surface area contributed by atoms with Crippen molar-refractivity contribution >= 4 is 0 Å². The summed E-state index contributed by atoms with van der Waals surface area (Å²) in [6.07, 6.45) is 47.7. The third-order valence-electron chi connectivity index (χ3n) is 3.76. The summed E-state index contributed by atoms with van der Waals surface area (Å²) >= 11 is 0. The average molecular weight is 1820 g/mol. The zero-order valence-corrected chi connectivity index (χ0v) is 53.8. The molecule has 0 fully saturated rings. The standard InChI is InChI=1S/2C12H10.8C3H3.8Sm/c2*1-3-7-11(8-4-1)12-9-5-2-6-10-12;8*1-3-2;;;;;;;;/h2*1-10H;8*1H3;;;;;;;;/q;;8*-1;;;;;;;;. The van der Waals surface area contributed by atoms with E-state index in [1.807, 2.05) is 71.6 Å². The van der Waals surface area contributed by atoms with Crippen molar-refractivity contribution in [1.29, 1.82) is 0 Å². The molecule has 0 heterocycles. The van der Waals surface area contributed by atoms with E-state index in [1.165, 1.54) is 22.3 Å². The molecule has 0 radical (unpaired) electrons. The molecule has 4 aromatic carbocycles. The van der Waals surface area contributed by atoms with Gasteiger partial charge in [-0.2, -0.15) is 0 Å². The second-order valence-electron chi connectivity index (χ2n) is 7.46. The molecule has 8 heteroatoms. The van der Waals surface area contributed by atoms with Gasteiger partial charge in [-0.25, -0.2) is 0 Å².